The molecule has 2 heterocycles. The lowest BCUT2D eigenvalue weighted by Crippen LogP contribution is -2.22. The van der Waals surface area contributed by atoms with Crippen molar-refractivity contribution in [3.63, 3.8) is 0 Å². The molecule has 0 saturated heterocycles. The van der Waals surface area contributed by atoms with Gasteiger partial charge in [0, 0.05) is 11.1 Å². The summed E-state index contributed by atoms with van der Waals surface area (Å²) in [7, 11) is 0. The number of anilines is 1. The first-order valence-electron chi connectivity index (χ1n) is 8.61. The van der Waals surface area contributed by atoms with Crippen LogP contribution in [-0.4, -0.2) is 36.0 Å². The Labute approximate surface area is 185 Å². The highest BCUT2D eigenvalue weighted by molar-refractivity contribution is 7.17. The summed E-state index contributed by atoms with van der Waals surface area (Å²) in [5, 5.41) is 2.90. The molecule has 1 N–H and O–H groups in total. The molecule has 154 valence electrons. The minimum atomic E-state index is -0.928. The molecule has 3 rings (SSSR count). The van der Waals surface area contributed by atoms with Crippen LogP contribution in [0.3, 0.4) is 0 Å². The zero-order valence-electron chi connectivity index (χ0n) is 15.1. The maximum atomic E-state index is 12.3. The van der Waals surface area contributed by atoms with Crippen LogP contribution in [-0.2, 0) is 27.1 Å². The minimum absolute atomic E-state index is 0.0353. The number of aryl methyl sites for hydroxylation is 1. The average Bonchev–Trinajstić information content (AvgIpc) is 3.25. The number of fused-ring (bicyclic) bond motifs is 1. The molecule has 0 unspecified atom stereocenters. The monoisotopic (exact) mass is 476 g/mol. The van der Waals surface area contributed by atoms with Crippen molar-refractivity contribution in [3.05, 3.63) is 43.0 Å². The molecule has 11 heteroatoms. The number of hydrogen-bond donors (Lipinski definition) is 1. The Morgan fingerprint density at radius 2 is 1.90 bits per heavy atom. The molecule has 0 fully saturated rings. The lowest BCUT2D eigenvalue weighted by molar-refractivity contribution is -0.119. The van der Waals surface area contributed by atoms with Crippen LogP contribution in [0.25, 0.3) is 0 Å². The molecule has 0 bridgehead atoms. The maximum absolute atomic E-state index is 12.3. The van der Waals surface area contributed by atoms with Gasteiger partial charge in [0.1, 0.15) is 5.00 Å². The third-order valence-electron chi connectivity index (χ3n) is 4.10. The van der Waals surface area contributed by atoms with Crippen LogP contribution >= 0.6 is 46.1 Å². The van der Waals surface area contributed by atoms with Gasteiger partial charge in [-0.1, -0.05) is 34.8 Å². The number of rotatable bonds is 6. The number of hydrogen-bond acceptors (Lipinski definition) is 7. The summed E-state index contributed by atoms with van der Waals surface area (Å²) in [5.41, 5.74) is 1.03. The second-order valence-corrected chi connectivity index (χ2v) is 8.26. The summed E-state index contributed by atoms with van der Waals surface area (Å²) in [5.74, 6) is -2.02. The van der Waals surface area contributed by atoms with Crippen LogP contribution in [0, 0.1) is 0 Å². The summed E-state index contributed by atoms with van der Waals surface area (Å²) in [6.45, 7) is 1.35. The van der Waals surface area contributed by atoms with Gasteiger partial charge in [-0.25, -0.2) is 14.6 Å². The van der Waals surface area contributed by atoms with Crippen LogP contribution < -0.4 is 5.32 Å². The first-order chi connectivity index (χ1) is 13.8. The Bertz CT molecular complexity index is 992. The average molecular weight is 478 g/mol. The van der Waals surface area contributed by atoms with E-state index in [1.54, 1.807) is 6.92 Å². The molecule has 2 aromatic heterocycles. The lowest BCUT2D eigenvalue weighted by Gasteiger charge is -2.09. The predicted molar refractivity (Wildman–Crippen MR) is 110 cm³/mol. The zero-order chi connectivity index (χ0) is 21.1. The van der Waals surface area contributed by atoms with E-state index in [0.717, 1.165) is 35.9 Å². The van der Waals surface area contributed by atoms with Crippen LogP contribution in [0.5, 0.6) is 0 Å². The Balaban J connectivity index is 1.68. The van der Waals surface area contributed by atoms with E-state index < -0.39 is 24.5 Å². The highest BCUT2D eigenvalue weighted by Gasteiger charge is 2.28. The van der Waals surface area contributed by atoms with Gasteiger partial charge < -0.3 is 14.8 Å². The number of thiophene rings is 1. The molecular weight excluding hydrogens is 463 g/mol. The normalized spacial score (nSPS) is 12.4. The summed E-state index contributed by atoms with van der Waals surface area (Å²) in [6.07, 6.45) is 3.72. The van der Waals surface area contributed by atoms with Crippen molar-refractivity contribution in [2.45, 2.75) is 26.2 Å². The quantitative estimate of drug-likeness (QED) is 0.613. The van der Waals surface area contributed by atoms with Gasteiger partial charge in [0.25, 0.3) is 5.91 Å². The number of carbonyl (C=O) groups excluding carboxylic acids is 3. The van der Waals surface area contributed by atoms with E-state index in [2.05, 4.69) is 10.3 Å². The molecule has 1 amide bonds. The smallest absolute Gasteiger partial charge is 0.359 e. The number of nitrogens with one attached hydrogen (secondary N) is 1. The molecule has 0 saturated carbocycles. The van der Waals surface area contributed by atoms with E-state index in [1.807, 2.05) is 0 Å². The number of ether oxygens (including phenoxy) is 2. The Morgan fingerprint density at radius 3 is 2.62 bits per heavy atom. The number of esters is 2. The third-order valence-corrected chi connectivity index (χ3v) is 6.55. The fraction of sp³-hybridized carbons (Fsp3) is 0.333. The van der Waals surface area contributed by atoms with Gasteiger partial charge in [-0.15, -0.1) is 11.3 Å². The first-order valence-corrected chi connectivity index (χ1v) is 10.6. The Morgan fingerprint density at radius 1 is 1.14 bits per heavy atom. The molecule has 0 radical (unpaired) electrons. The number of amides is 1. The van der Waals surface area contributed by atoms with Gasteiger partial charge >= 0.3 is 11.9 Å². The lowest BCUT2D eigenvalue weighted by atomic mass is 10.1. The van der Waals surface area contributed by atoms with Gasteiger partial charge in [-0.2, -0.15) is 0 Å². The minimum Gasteiger partial charge on any atom is -0.462 e. The van der Waals surface area contributed by atoms with E-state index in [1.165, 1.54) is 11.3 Å². The fourth-order valence-electron chi connectivity index (χ4n) is 2.86. The predicted octanol–water partition coefficient (Wildman–Crippen LogP) is 4.56. The highest BCUT2D eigenvalue weighted by atomic mass is 35.5. The van der Waals surface area contributed by atoms with E-state index in [0.29, 0.717) is 10.6 Å². The van der Waals surface area contributed by atoms with Gasteiger partial charge in [0.2, 0.25) is 0 Å². The first kappa shape index (κ1) is 21.8. The highest BCUT2D eigenvalue weighted by Crippen LogP contribution is 2.39. The molecule has 0 atom stereocenters. The van der Waals surface area contributed by atoms with Crippen molar-refractivity contribution in [3.8, 4) is 0 Å². The Hall–Kier alpha value is -1.87. The van der Waals surface area contributed by atoms with E-state index in [4.69, 9.17) is 44.3 Å². The van der Waals surface area contributed by atoms with Crippen molar-refractivity contribution < 1.29 is 23.9 Å². The number of carbonyl (C=O) groups is 3. The van der Waals surface area contributed by atoms with E-state index in [9.17, 15) is 14.4 Å². The molecular formula is C18H15Cl3N2O5S. The van der Waals surface area contributed by atoms with Crippen LogP contribution in [0.1, 0.15) is 44.6 Å². The summed E-state index contributed by atoms with van der Waals surface area (Å²) in [6, 6.07) is 0. The number of nitrogens with zero attached hydrogens (tertiary/aromatic N) is 1. The SMILES string of the molecule is CCOC(=O)c1c(NC(=O)COC(=O)c2ncc(Cl)c(Cl)c2Cl)sc2c1CCC2. The summed E-state index contributed by atoms with van der Waals surface area (Å²) in [4.78, 5) is 41.6. The van der Waals surface area contributed by atoms with Crippen molar-refractivity contribution in [1.82, 2.24) is 4.98 Å². The molecule has 29 heavy (non-hydrogen) atoms. The van der Waals surface area contributed by atoms with Gasteiger partial charge in [-0.05, 0) is 31.7 Å². The van der Waals surface area contributed by atoms with Crippen molar-refractivity contribution in [2.24, 2.45) is 0 Å². The molecule has 0 spiro atoms. The van der Waals surface area contributed by atoms with Gasteiger partial charge in [0.15, 0.2) is 12.3 Å². The molecule has 1 aliphatic carbocycles. The maximum Gasteiger partial charge on any atom is 0.359 e. The second-order valence-electron chi connectivity index (χ2n) is 5.99. The van der Waals surface area contributed by atoms with Crippen molar-refractivity contribution in [1.29, 1.82) is 0 Å². The second kappa shape index (κ2) is 9.30. The zero-order valence-corrected chi connectivity index (χ0v) is 18.2. The summed E-state index contributed by atoms with van der Waals surface area (Å²) >= 11 is 18.9. The number of halogens is 3. The topological polar surface area (TPSA) is 94.6 Å². The molecule has 0 aromatic carbocycles. The van der Waals surface area contributed by atoms with Crippen molar-refractivity contribution in [2.75, 3.05) is 18.5 Å². The van der Waals surface area contributed by atoms with E-state index in [-0.39, 0.29) is 27.4 Å². The van der Waals surface area contributed by atoms with Crippen molar-refractivity contribution >= 4 is 69.0 Å². The molecule has 1 aliphatic rings. The number of aromatic nitrogens is 1. The summed E-state index contributed by atoms with van der Waals surface area (Å²) < 4.78 is 10.1. The third kappa shape index (κ3) is 4.66. The molecule has 7 nitrogen and oxygen atoms in total. The molecule has 2 aromatic rings. The van der Waals surface area contributed by atoms with E-state index >= 15 is 0 Å². The van der Waals surface area contributed by atoms with Crippen LogP contribution in [0.15, 0.2) is 6.20 Å². The van der Waals surface area contributed by atoms with Gasteiger partial charge in [-0.3, -0.25) is 4.79 Å². The van der Waals surface area contributed by atoms with Crippen LogP contribution in [0.4, 0.5) is 5.00 Å². The van der Waals surface area contributed by atoms with Gasteiger partial charge in [0.05, 0.1) is 27.2 Å². The largest absolute Gasteiger partial charge is 0.462 e. The fourth-order valence-corrected chi connectivity index (χ4v) is 4.71. The standard InChI is InChI=1S/C18H15Cl3N2O5S/c1-2-27-17(25)12-8-4-3-5-10(8)29-16(12)23-11(24)7-28-18(26)15-14(21)13(20)9(19)6-22-15/h6H,2-5,7H2,1H3,(H,23,24). The van der Waals surface area contributed by atoms with Crippen LogP contribution in [0.2, 0.25) is 15.1 Å². The number of pyridine rings is 1. The Kier molecular flexibility index (Phi) is 7.00. The molecule has 0 aliphatic heterocycles.